The van der Waals surface area contributed by atoms with Gasteiger partial charge in [0, 0.05) is 5.41 Å². The quantitative estimate of drug-likeness (QED) is 0.530. The Bertz CT molecular complexity index is 84.5. The van der Waals surface area contributed by atoms with Crippen LogP contribution in [0.25, 0.3) is 0 Å². The lowest BCUT2D eigenvalue weighted by atomic mass is 9.91. The highest BCUT2D eigenvalue weighted by molar-refractivity contribution is 4.85. The second-order valence-corrected chi connectivity index (χ2v) is 2.97. The summed E-state index contributed by atoms with van der Waals surface area (Å²) in [6.45, 7) is 5.06. The van der Waals surface area contributed by atoms with E-state index in [0.29, 0.717) is 6.10 Å². The molecule has 1 atom stereocenters. The summed E-state index contributed by atoms with van der Waals surface area (Å²) in [6.07, 6.45) is 0.312. The Morgan fingerprint density at radius 3 is 2.38 bits per heavy atom. The van der Waals surface area contributed by atoms with Crippen molar-refractivity contribution < 1.29 is 9.84 Å². The average Bonchev–Trinajstić information content (AvgIpc) is 2.44. The van der Waals surface area contributed by atoms with Crippen molar-refractivity contribution in [1.82, 2.24) is 0 Å². The minimum absolute atomic E-state index is 0.0139. The molecule has 1 rings (SSSR count). The highest BCUT2D eigenvalue weighted by atomic mass is 16.6. The molecule has 1 aliphatic heterocycles. The van der Waals surface area contributed by atoms with Crippen molar-refractivity contribution in [3.05, 3.63) is 0 Å². The third-order valence-corrected chi connectivity index (χ3v) is 1.61. The zero-order chi connectivity index (χ0) is 6.20. The van der Waals surface area contributed by atoms with E-state index in [1.807, 2.05) is 13.8 Å². The van der Waals surface area contributed by atoms with Gasteiger partial charge in [-0.05, 0) is 0 Å². The van der Waals surface area contributed by atoms with Gasteiger partial charge in [0.15, 0.2) is 0 Å². The van der Waals surface area contributed by atoms with Crippen LogP contribution in [0.1, 0.15) is 13.8 Å². The number of ether oxygens (including phenoxy) is 1. The fourth-order valence-corrected chi connectivity index (χ4v) is 0.601. The molecule has 1 N–H and O–H groups in total. The van der Waals surface area contributed by atoms with Crippen LogP contribution in [0.4, 0.5) is 0 Å². The molecule has 1 heterocycles. The van der Waals surface area contributed by atoms with Crippen LogP contribution in [0.2, 0.25) is 0 Å². The Hall–Kier alpha value is -0.0800. The van der Waals surface area contributed by atoms with Crippen molar-refractivity contribution in [2.45, 2.75) is 20.0 Å². The molecule has 0 aliphatic carbocycles. The molecule has 2 nitrogen and oxygen atoms in total. The van der Waals surface area contributed by atoms with Gasteiger partial charge in [0.2, 0.25) is 0 Å². The zero-order valence-corrected chi connectivity index (χ0v) is 5.35. The van der Waals surface area contributed by atoms with Crippen molar-refractivity contribution in [2.75, 3.05) is 13.2 Å². The molecule has 0 aromatic carbocycles. The second-order valence-electron chi connectivity index (χ2n) is 2.97. The molecule has 8 heavy (non-hydrogen) atoms. The first-order valence-electron chi connectivity index (χ1n) is 2.89. The highest BCUT2D eigenvalue weighted by Crippen LogP contribution is 2.30. The Kier molecular flexibility index (Phi) is 1.29. The van der Waals surface area contributed by atoms with Crippen LogP contribution in [-0.2, 0) is 4.74 Å². The predicted molar refractivity (Wildman–Crippen MR) is 30.6 cm³/mol. The zero-order valence-electron chi connectivity index (χ0n) is 5.35. The lowest BCUT2D eigenvalue weighted by Gasteiger charge is -2.17. The van der Waals surface area contributed by atoms with Gasteiger partial charge in [0.25, 0.3) is 0 Å². The largest absolute Gasteiger partial charge is 0.396 e. The lowest BCUT2D eigenvalue weighted by molar-refractivity contribution is 0.124. The highest BCUT2D eigenvalue weighted by Gasteiger charge is 2.38. The molecule has 0 radical (unpaired) electrons. The molecule has 0 aromatic rings. The number of aliphatic hydroxyl groups excluding tert-OH is 1. The molecule has 2 heteroatoms. The van der Waals surface area contributed by atoms with E-state index in [2.05, 4.69) is 0 Å². The maximum absolute atomic E-state index is 8.72. The predicted octanol–water partition coefficient (Wildman–Crippen LogP) is 0.404. The van der Waals surface area contributed by atoms with Crippen LogP contribution in [0.3, 0.4) is 0 Å². The van der Waals surface area contributed by atoms with E-state index < -0.39 is 0 Å². The normalized spacial score (nSPS) is 28.1. The molecule has 1 fully saturated rings. The molecule has 1 aliphatic rings. The smallest absolute Gasteiger partial charge is 0.0882 e. The third-order valence-electron chi connectivity index (χ3n) is 1.61. The lowest BCUT2D eigenvalue weighted by Crippen LogP contribution is -2.23. The van der Waals surface area contributed by atoms with Gasteiger partial charge in [-0.3, -0.25) is 0 Å². The number of aliphatic hydroxyl groups is 1. The Morgan fingerprint density at radius 2 is 2.25 bits per heavy atom. The molecular formula is C6H12O2. The van der Waals surface area contributed by atoms with E-state index in [4.69, 9.17) is 9.84 Å². The molecule has 0 amide bonds. The summed E-state index contributed by atoms with van der Waals surface area (Å²) < 4.78 is 5.00. The summed E-state index contributed by atoms with van der Waals surface area (Å²) in [7, 11) is 0. The van der Waals surface area contributed by atoms with E-state index in [9.17, 15) is 0 Å². The van der Waals surface area contributed by atoms with E-state index in [-0.39, 0.29) is 12.0 Å². The number of epoxide rings is 1. The van der Waals surface area contributed by atoms with Gasteiger partial charge in [-0.15, -0.1) is 0 Å². The van der Waals surface area contributed by atoms with Gasteiger partial charge in [-0.25, -0.2) is 0 Å². The van der Waals surface area contributed by atoms with Gasteiger partial charge < -0.3 is 9.84 Å². The van der Waals surface area contributed by atoms with Crippen molar-refractivity contribution in [3.8, 4) is 0 Å². The summed E-state index contributed by atoms with van der Waals surface area (Å²) in [5, 5.41) is 8.72. The van der Waals surface area contributed by atoms with Crippen molar-refractivity contribution in [2.24, 2.45) is 5.41 Å². The van der Waals surface area contributed by atoms with Crippen LogP contribution < -0.4 is 0 Å². The first kappa shape index (κ1) is 6.05. The summed E-state index contributed by atoms with van der Waals surface area (Å²) in [5.74, 6) is 0. The molecule has 1 unspecified atom stereocenters. The molecule has 0 bridgehead atoms. The molecular weight excluding hydrogens is 104 g/mol. The van der Waals surface area contributed by atoms with E-state index in [1.54, 1.807) is 0 Å². The first-order chi connectivity index (χ1) is 3.67. The summed E-state index contributed by atoms with van der Waals surface area (Å²) in [5.41, 5.74) is -0.0139. The summed E-state index contributed by atoms with van der Waals surface area (Å²) >= 11 is 0. The van der Waals surface area contributed by atoms with E-state index >= 15 is 0 Å². The topological polar surface area (TPSA) is 32.8 Å². The first-order valence-corrected chi connectivity index (χ1v) is 2.89. The SMILES string of the molecule is CC(C)(CO)C1CO1. The molecule has 0 saturated carbocycles. The van der Waals surface area contributed by atoms with Gasteiger partial charge in [0.1, 0.15) is 0 Å². The van der Waals surface area contributed by atoms with E-state index in [0.717, 1.165) is 6.61 Å². The Labute approximate surface area is 49.5 Å². The fraction of sp³-hybridized carbons (Fsp3) is 1.00. The van der Waals surface area contributed by atoms with Crippen molar-refractivity contribution >= 4 is 0 Å². The Morgan fingerprint density at radius 1 is 1.75 bits per heavy atom. The van der Waals surface area contributed by atoms with Gasteiger partial charge in [-0.1, -0.05) is 13.8 Å². The number of hydrogen-bond acceptors (Lipinski definition) is 2. The Balaban J connectivity index is 2.37. The van der Waals surface area contributed by atoms with Crippen LogP contribution in [-0.4, -0.2) is 24.4 Å². The maximum atomic E-state index is 8.72. The fourth-order valence-electron chi connectivity index (χ4n) is 0.601. The van der Waals surface area contributed by atoms with Crippen LogP contribution >= 0.6 is 0 Å². The summed E-state index contributed by atoms with van der Waals surface area (Å²) in [4.78, 5) is 0. The standard InChI is InChI=1S/C6H12O2/c1-6(2,4-7)5-3-8-5/h5,7H,3-4H2,1-2H3. The van der Waals surface area contributed by atoms with Gasteiger partial charge >= 0.3 is 0 Å². The van der Waals surface area contributed by atoms with E-state index in [1.165, 1.54) is 0 Å². The van der Waals surface area contributed by atoms with Crippen LogP contribution in [0.15, 0.2) is 0 Å². The molecule has 0 spiro atoms. The van der Waals surface area contributed by atoms with Gasteiger partial charge in [0.05, 0.1) is 19.3 Å². The summed E-state index contributed by atoms with van der Waals surface area (Å²) in [6, 6.07) is 0. The van der Waals surface area contributed by atoms with Crippen molar-refractivity contribution in [3.63, 3.8) is 0 Å². The van der Waals surface area contributed by atoms with Crippen molar-refractivity contribution in [1.29, 1.82) is 0 Å². The van der Waals surface area contributed by atoms with Gasteiger partial charge in [-0.2, -0.15) is 0 Å². The average molecular weight is 116 g/mol. The van der Waals surface area contributed by atoms with Crippen LogP contribution in [0.5, 0.6) is 0 Å². The third kappa shape index (κ3) is 1.01. The van der Waals surface area contributed by atoms with Crippen LogP contribution in [0, 0.1) is 5.41 Å². The molecule has 1 saturated heterocycles. The monoisotopic (exact) mass is 116 g/mol. The minimum Gasteiger partial charge on any atom is -0.396 e. The minimum atomic E-state index is -0.0139. The maximum Gasteiger partial charge on any atom is 0.0882 e. The number of hydrogen-bond donors (Lipinski definition) is 1. The second kappa shape index (κ2) is 1.71. The number of rotatable bonds is 2. The molecule has 0 aromatic heterocycles. The molecule has 48 valence electrons.